The molecule has 3 aromatic rings. The van der Waals surface area contributed by atoms with Crippen LogP contribution < -0.4 is 16.8 Å². The molecule has 7 nitrogen and oxygen atoms in total. The Morgan fingerprint density at radius 3 is 2.86 bits per heavy atom. The zero-order valence-electron chi connectivity index (χ0n) is 12.0. The number of nitrogens with one attached hydrogen (secondary N) is 1. The SMILES string of the molecule is CCCn1c(=N)c(C(N)=O)cc2c(=O)n3ccccc3nc21. The largest absolute Gasteiger partial charge is 0.365 e. The molecule has 0 fully saturated rings. The first kappa shape index (κ1) is 14.0. The lowest BCUT2D eigenvalue weighted by atomic mass is 10.2. The number of primary amides is 1. The number of carbonyl (C=O) groups is 1. The molecule has 3 aromatic heterocycles. The van der Waals surface area contributed by atoms with E-state index in [1.54, 1.807) is 29.0 Å². The Bertz CT molecular complexity index is 1020. The first-order valence-corrected chi connectivity index (χ1v) is 6.94. The molecule has 7 heteroatoms. The van der Waals surface area contributed by atoms with E-state index in [0.717, 1.165) is 6.42 Å². The van der Waals surface area contributed by atoms with Crippen LogP contribution in [0.2, 0.25) is 0 Å². The van der Waals surface area contributed by atoms with E-state index in [9.17, 15) is 9.59 Å². The summed E-state index contributed by atoms with van der Waals surface area (Å²) in [5.74, 6) is -0.727. The number of hydrogen-bond acceptors (Lipinski definition) is 4. The van der Waals surface area contributed by atoms with Gasteiger partial charge in [-0.15, -0.1) is 0 Å². The Labute approximate surface area is 125 Å². The summed E-state index contributed by atoms with van der Waals surface area (Å²) in [6, 6.07) is 6.61. The fourth-order valence-corrected chi connectivity index (χ4v) is 2.52. The van der Waals surface area contributed by atoms with Gasteiger partial charge in [-0.2, -0.15) is 0 Å². The van der Waals surface area contributed by atoms with Gasteiger partial charge >= 0.3 is 0 Å². The lowest BCUT2D eigenvalue weighted by Crippen LogP contribution is -2.32. The van der Waals surface area contributed by atoms with Gasteiger partial charge in [0.1, 0.15) is 16.8 Å². The van der Waals surface area contributed by atoms with Crippen LogP contribution in [0.3, 0.4) is 0 Å². The molecule has 0 aliphatic rings. The molecule has 0 spiro atoms. The van der Waals surface area contributed by atoms with Gasteiger partial charge in [-0.05, 0) is 24.6 Å². The molecule has 1 amide bonds. The third-order valence-corrected chi connectivity index (χ3v) is 3.53. The molecular formula is C15H15N5O2. The molecule has 0 bridgehead atoms. The van der Waals surface area contributed by atoms with E-state index < -0.39 is 5.91 Å². The molecule has 3 N–H and O–H groups in total. The van der Waals surface area contributed by atoms with Crippen molar-refractivity contribution in [3.8, 4) is 0 Å². The van der Waals surface area contributed by atoms with Crippen LogP contribution in [0.4, 0.5) is 0 Å². The highest BCUT2D eigenvalue weighted by Crippen LogP contribution is 2.10. The van der Waals surface area contributed by atoms with E-state index in [0.29, 0.717) is 17.8 Å². The highest BCUT2D eigenvalue weighted by molar-refractivity contribution is 5.95. The van der Waals surface area contributed by atoms with Gasteiger partial charge in [0.05, 0.1) is 10.9 Å². The minimum absolute atomic E-state index is 0.0194. The van der Waals surface area contributed by atoms with Crippen LogP contribution in [0, 0.1) is 5.41 Å². The molecule has 3 heterocycles. The van der Waals surface area contributed by atoms with Crippen molar-refractivity contribution in [1.82, 2.24) is 14.0 Å². The van der Waals surface area contributed by atoms with Gasteiger partial charge in [0.15, 0.2) is 0 Å². The second kappa shape index (κ2) is 5.10. The number of aryl methyl sites for hydroxylation is 1. The standard InChI is InChI=1S/C15H15N5O2/c1-2-6-20-12(16)9(13(17)21)8-10-14(20)18-11-5-3-4-7-19(11)15(10)22/h3-5,7-8,16H,2,6H2,1H3,(H2,17,21). The number of fused-ring (bicyclic) bond motifs is 2. The van der Waals surface area contributed by atoms with E-state index >= 15 is 0 Å². The zero-order chi connectivity index (χ0) is 15.9. The number of carbonyl (C=O) groups excluding carboxylic acids is 1. The lowest BCUT2D eigenvalue weighted by molar-refractivity contribution is 0.0998. The van der Waals surface area contributed by atoms with E-state index in [4.69, 9.17) is 11.1 Å². The number of aromatic nitrogens is 3. The summed E-state index contributed by atoms with van der Waals surface area (Å²) >= 11 is 0. The zero-order valence-corrected chi connectivity index (χ0v) is 12.0. The first-order valence-electron chi connectivity index (χ1n) is 6.94. The maximum absolute atomic E-state index is 12.6. The summed E-state index contributed by atoms with van der Waals surface area (Å²) in [6.45, 7) is 2.43. The minimum atomic E-state index is -0.727. The number of nitrogens with zero attached hydrogens (tertiary/aromatic N) is 3. The Morgan fingerprint density at radius 1 is 1.41 bits per heavy atom. The molecule has 3 rings (SSSR count). The highest BCUT2D eigenvalue weighted by Gasteiger charge is 2.15. The van der Waals surface area contributed by atoms with Gasteiger partial charge in [0, 0.05) is 12.7 Å². The molecule has 0 atom stereocenters. The smallest absolute Gasteiger partial charge is 0.267 e. The van der Waals surface area contributed by atoms with Crippen molar-refractivity contribution in [3.05, 3.63) is 51.9 Å². The fraction of sp³-hybridized carbons (Fsp3) is 0.200. The maximum Gasteiger partial charge on any atom is 0.267 e. The number of amides is 1. The van der Waals surface area contributed by atoms with Crippen molar-refractivity contribution in [2.75, 3.05) is 0 Å². The van der Waals surface area contributed by atoms with E-state index in [1.807, 2.05) is 6.92 Å². The van der Waals surface area contributed by atoms with Crippen LogP contribution in [-0.2, 0) is 6.54 Å². The Hall–Kier alpha value is -2.96. The molecular weight excluding hydrogens is 282 g/mol. The van der Waals surface area contributed by atoms with E-state index in [-0.39, 0.29) is 22.0 Å². The summed E-state index contributed by atoms with van der Waals surface area (Å²) in [5, 5.41) is 8.43. The number of rotatable bonds is 3. The van der Waals surface area contributed by atoms with E-state index in [2.05, 4.69) is 4.98 Å². The fourth-order valence-electron chi connectivity index (χ4n) is 2.52. The summed E-state index contributed by atoms with van der Waals surface area (Å²) < 4.78 is 2.97. The topological polar surface area (TPSA) is 106 Å². The summed E-state index contributed by atoms with van der Waals surface area (Å²) in [7, 11) is 0. The molecule has 0 aliphatic heterocycles. The molecule has 112 valence electrons. The molecule has 0 aromatic carbocycles. The predicted molar refractivity (Wildman–Crippen MR) is 81.6 cm³/mol. The van der Waals surface area contributed by atoms with Crippen molar-refractivity contribution >= 4 is 22.6 Å². The Balaban J connectivity index is 2.58. The second-order valence-corrected chi connectivity index (χ2v) is 5.01. The van der Waals surface area contributed by atoms with Crippen LogP contribution in [-0.4, -0.2) is 19.9 Å². The normalized spacial score (nSPS) is 11.1. The van der Waals surface area contributed by atoms with Gasteiger partial charge < -0.3 is 10.3 Å². The summed E-state index contributed by atoms with van der Waals surface area (Å²) in [6.07, 6.45) is 2.36. The van der Waals surface area contributed by atoms with Crippen molar-refractivity contribution in [2.24, 2.45) is 5.73 Å². The summed E-state index contributed by atoms with van der Waals surface area (Å²) in [5.41, 5.74) is 5.94. The summed E-state index contributed by atoms with van der Waals surface area (Å²) in [4.78, 5) is 28.7. The van der Waals surface area contributed by atoms with Crippen LogP contribution in [0.25, 0.3) is 16.7 Å². The lowest BCUT2D eigenvalue weighted by Gasteiger charge is -2.12. The Kier molecular flexibility index (Phi) is 3.25. The van der Waals surface area contributed by atoms with Gasteiger partial charge in [0.25, 0.3) is 11.5 Å². The monoisotopic (exact) mass is 297 g/mol. The van der Waals surface area contributed by atoms with Crippen LogP contribution in [0.1, 0.15) is 23.7 Å². The Morgan fingerprint density at radius 2 is 2.18 bits per heavy atom. The van der Waals surface area contributed by atoms with Crippen molar-refractivity contribution in [1.29, 1.82) is 5.41 Å². The molecule has 0 unspecified atom stereocenters. The number of nitrogens with two attached hydrogens (primary N) is 1. The second-order valence-electron chi connectivity index (χ2n) is 5.01. The first-order chi connectivity index (χ1) is 10.5. The molecule has 0 saturated carbocycles. The predicted octanol–water partition coefficient (Wildman–Crippen LogP) is 0.638. The van der Waals surface area contributed by atoms with Crippen LogP contribution >= 0.6 is 0 Å². The van der Waals surface area contributed by atoms with Crippen molar-refractivity contribution in [2.45, 2.75) is 19.9 Å². The average Bonchev–Trinajstić information content (AvgIpc) is 2.50. The van der Waals surface area contributed by atoms with Crippen LogP contribution in [0.15, 0.2) is 35.3 Å². The molecule has 0 saturated heterocycles. The van der Waals surface area contributed by atoms with Gasteiger partial charge in [-0.3, -0.25) is 19.4 Å². The van der Waals surface area contributed by atoms with Gasteiger partial charge in [-0.1, -0.05) is 13.0 Å². The maximum atomic E-state index is 12.6. The third kappa shape index (κ3) is 1.98. The number of pyridine rings is 2. The molecule has 0 radical (unpaired) electrons. The van der Waals surface area contributed by atoms with Crippen molar-refractivity contribution in [3.63, 3.8) is 0 Å². The van der Waals surface area contributed by atoms with E-state index in [1.165, 1.54) is 10.5 Å². The van der Waals surface area contributed by atoms with Gasteiger partial charge in [0.2, 0.25) is 0 Å². The quantitative estimate of drug-likeness (QED) is 0.693. The third-order valence-electron chi connectivity index (χ3n) is 3.53. The minimum Gasteiger partial charge on any atom is -0.365 e. The highest BCUT2D eigenvalue weighted by atomic mass is 16.1. The number of hydrogen-bond donors (Lipinski definition) is 2. The van der Waals surface area contributed by atoms with Crippen LogP contribution in [0.5, 0.6) is 0 Å². The van der Waals surface area contributed by atoms with Gasteiger partial charge in [-0.25, -0.2) is 4.98 Å². The molecule has 0 aliphatic carbocycles. The average molecular weight is 297 g/mol. The molecule has 22 heavy (non-hydrogen) atoms. The van der Waals surface area contributed by atoms with Crippen molar-refractivity contribution < 1.29 is 4.79 Å².